The van der Waals surface area contributed by atoms with E-state index in [1.165, 1.54) is 19.1 Å². The second kappa shape index (κ2) is 6.30. The molecule has 1 unspecified atom stereocenters. The predicted octanol–water partition coefficient (Wildman–Crippen LogP) is 1.61. The average molecular weight is 254 g/mol. The summed E-state index contributed by atoms with van der Waals surface area (Å²) in [7, 11) is -1.08. The fourth-order valence-electron chi connectivity index (χ4n) is 1.26. The molecule has 17 heavy (non-hydrogen) atoms. The summed E-state index contributed by atoms with van der Waals surface area (Å²) < 4.78 is 11.6. The quantitative estimate of drug-likeness (QED) is 0.837. The molecule has 0 fully saturated rings. The fourth-order valence-corrected chi connectivity index (χ4v) is 2.48. The third-order valence-corrected chi connectivity index (χ3v) is 3.53. The number of carboxylic acids is 1. The van der Waals surface area contributed by atoms with Gasteiger partial charge in [0.15, 0.2) is 0 Å². The van der Waals surface area contributed by atoms with Crippen molar-refractivity contribution in [2.45, 2.75) is 19.1 Å². The van der Waals surface area contributed by atoms with Gasteiger partial charge in [-0.25, -0.2) is 4.79 Å². The van der Waals surface area contributed by atoms with Gasteiger partial charge in [-0.15, -0.1) is 0 Å². The minimum Gasteiger partial charge on any atom is -0.478 e. The maximum Gasteiger partial charge on any atom is 0.335 e. The monoisotopic (exact) mass is 254 g/mol. The van der Waals surface area contributed by atoms with Crippen molar-refractivity contribution in [1.29, 1.82) is 0 Å². The summed E-state index contributed by atoms with van der Waals surface area (Å²) in [6.07, 6.45) is 0.319. The number of carbonyl (C=O) groups excluding carboxylic acids is 1. The van der Waals surface area contributed by atoms with Gasteiger partial charge in [-0.3, -0.25) is 9.00 Å². The Kier molecular flexibility index (Phi) is 5.03. The Balaban J connectivity index is 2.54. The lowest BCUT2D eigenvalue weighted by Crippen LogP contribution is -2.05. The second-order valence-electron chi connectivity index (χ2n) is 3.74. The first-order valence-electron chi connectivity index (χ1n) is 5.15. The SMILES string of the molecule is CC(=O)CCS(=O)Cc1ccc(C(=O)O)cc1. The molecule has 0 aliphatic heterocycles. The maximum atomic E-state index is 11.6. The molecule has 0 saturated carbocycles. The van der Waals surface area contributed by atoms with Crippen LogP contribution in [0.3, 0.4) is 0 Å². The number of rotatable bonds is 6. The van der Waals surface area contributed by atoms with E-state index < -0.39 is 16.8 Å². The standard InChI is InChI=1S/C12H14O4S/c1-9(13)6-7-17(16)8-10-2-4-11(5-3-10)12(14)15/h2-5H,6-8H2,1H3,(H,14,15). The number of benzene rings is 1. The van der Waals surface area contributed by atoms with Crippen LogP contribution in [0.2, 0.25) is 0 Å². The third kappa shape index (κ3) is 4.91. The smallest absolute Gasteiger partial charge is 0.335 e. The van der Waals surface area contributed by atoms with Crippen LogP contribution >= 0.6 is 0 Å². The molecule has 1 aromatic rings. The molecule has 1 aromatic carbocycles. The van der Waals surface area contributed by atoms with Crippen molar-refractivity contribution in [1.82, 2.24) is 0 Å². The van der Waals surface area contributed by atoms with Crippen LogP contribution in [0, 0.1) is 0 Å². The highest BCUT2D eigenvalue weighted by Crippen LogP contribution is 2.07. The van der Waals surface area contributed by atoms with E-state index in [9.17, 15) is 13.8 Å². The molecule has 0 spiro atoms. The van der Waals surface area contributed by atoms with E-state index in [0.717, 1.165) is 5.56 Å². The van der Waals surface area contributed by atoms with Crippen molar-refractivity contribution in [2.75, 3.05) is 5.75 Å². The number of aromatic carboxylic acids is 1. The zero-order valence-corrected chi connectivity index (χ0v) is 10.3. The number of Topliss-reactive ketones (excluding diaryl/α,β-unsaturated/α-hetero) is 1. The number of carboxylic acid groups (broad SMARTS) is 1. The molecule has 5 heteroatoms. The van der Waals surface area contributed by atoms with Crippen LogP contribution in [0.25, 0.3) is 0 Å². The first-order valence-corrected chi connectivity index (χ1v) is 6.64. The summed E-state index contributed by atoms with van der Waals surface area (Å²) in [4.78, 5) is 21.3. The van der Waals surface area contributed by atoms with Gasteiger partial charge >= 0.3 is 5.97 Å². The van der Waals surface area contributed by atoms with Crippen LogP contribution in [0.15, 0.2) is 24.3 Å². The van der Waals surface area contributed by atoms with Gasteiger partial charge in [-0.05, 0) is 24.6 Å². The minimum absolute atomic E-state index is 0.0274. The van der Waals surface area contributed by atoms with Crippen molar-refractivity contribution in [2.24, 2.45) is 0 Å². The van der Waals surface area contributed by atoms with E-state index in [1.807, 2.05) is 0 Å². The molecule has 0 aliphatic rings. The average Bonchev–Trinajstić information content (AvgIpc) is 2.27. The molecule has 4 nitrogen and oxygen atoms in total. The van der Waals surface area contributed by atoms with E-state index in [0.29, 0.717) is 17.9 Å². The molecule has 92 valence electrons. The van der Waals surface area contributed by atoms with Crippen LogP contribution in [-0.4, -0.2) is 26.8 Å². The highest BCUT2D eigenvalue weighted by molar-refractivity contribution is 7.84. The van der Waals surface area contributed by atoms with Gasteiger partial charge in [0.25, 0.3) is 0 Å². The van der Waals surface area contributed by atoms with E-state index in [4.69, 9.17) is 5.11 Å². The Morgan fingerprint density at radius 1 is 1.24 bits per heavy atom. The van der Waals surface area contributed by atoms with Gasteiger partial charge < -0.3 is 5.11 Å². The Hall–Kier alpha value is -1.49. The van der Waals surface area contributed by atoms with Gasteiger partial charge in [0, 0.05) is 28.7 Å². The van der Waals surface area contributed by atoms with Crippen molar-refractivity contribution in [3.8, 4) is 0 Å². The second-order valence-corrected chi connectivity index (χ2v) is 5.32. The van der Waals surface area contributed by atoms with Crippen molar-refractivity contribution >= 4 is 22.6 Å². The van der Waals surface area contributed by atoms with Crippen molar-refractivity contribution < 1.29 is 18.9 Å². The summed E-state index contributed by atoms with van der Waals surface area (Å²) in [5.74, 6) is -0.239. The third-order valence-electron chi connectivity index (χ3n) is 2.21. The highest BCUT2D eigenvalue weighted by Gasteiger charge is 2.05. The normalized spacial score (nSPS) is 12.1. The van der Waals surface area contributed by atoms with Gasteiger partial charge in [0.05, 0.1) is 5.56 Å². The summed E-state index contributed by atoms with van der Waals surface area (Å²) in [5, 5.41) is 8.71. The first-order chi connectivity index (χ1) is 7.99. The molecule has 0 amide bonds. The highest BCUT2D eigenvalue weighted by atomic mass is 32.2. The summed E-state index contributed by atoms with van der Waals surface area (Å²) in [6, 6.07) is 6.27. The van der Waals surface area contributed by atoms with E-state index in [1.54, 1.807) is 12.1 Å². The number of hydrogen-bond acceptors (Lipinski definition) is 3. The summed E-state index contributed by atoms with van der Waals surface area (Å²) in [5.41, 5.74) is 1.03. The van der Waals surface area contributed by atoms with Crippen LogP contribution in [-0.2, 0) is 21.3 Å². The lowest BCUT2D eigenvalue weighted by atomic mass is 10.1. The molecule has 0 bridgehead atoms. The van der Waals surface area contributed by atoms with Gasteiger partial charge in [-0.1, -0.05) is 12.1 Å². The molecule has 0 aromatic heterocycles. The summed E-state index contributed by atoms with van der Waals surface area (Å²) >= 11 is 0. The van der Waals surface area contributed by atoms with E-state index >= 15 is 0 Å². The van der Waals surface area contributed by atoms with E-state index in [2.05, 4.69) is 0 Å². The Labute approximate surface area is 102 Å². The van der Waals surface area contributed by atoms with Crippen molar-refractivity contribution in [3.05, 3.63) is 35.4 Å². The molecule has 1 atom stereocenters. The fraction of sp³-hybridized carbons (Fsp3) is 0.333. The molecule has 0 radical (unpaired) electrons. The molecule has 0 aliphatic carbocycles. The lowest BCUT2D eigenvalue weighted by molar-refractivity contribution is -0.116. The Bertz CT molecular complexity index is 436. The minimum atomic E-state index is -1.08. The zero-order chi connectivity index (χ0) is 12.8. The zero-order valence-electron chi connectivity index (χ0n) is 9.51. The molecule has 1 rings (SSSR count). The van der Waals surface area contributed by atoms with Gasteiger partial charge in [0.1, 0.15) is 5.78 Å². The topological polar surface area (TPSA) is 71.4 Å². The molecular weight excluding hydrogens is 240 g/mol. The number of ketones is 1. The Morgan fingerprint density at radius 2 is 1.82 bits per heavy atom. The number of carbonyl (C=O) groups is 2. The van der Waals surface area contributed by atoms with E-state index in [-0.39, 0.29) is 11.3 Å². The molecule has 0 heterocycles. The van der Waals surface area contributed by atoms with Gasteiger partial charge in [-0.2, -0.15) is 0 Å². The Morgan fingerprint density at radius 3 is 2.29 bits per heavy atom. The van der Waals surface area contributed by atoms with Gasteiger partial charge in [0.2, 0.25) is 0 Å². The maximum absolute atomic E-state index is 11.6. The molecular formula is C12H14O4S. The largest absolute Gasteiger partial charge is 0.478 e. The molecule has 1 N–H and O–H groups in total. The van der Waals surface area contributed by atoms with Crippen molar-refractivity contribution in [3.63, 3.8) is 0 Å². The summed E-state index contributed by atoms with van der Waals surface area (Å²) in [6.45, 7) is 1.47. The molecule has 0 saturated heterocycles. The number of hydrogen-bond donors (Lipinski definition) is 1. The van der Waals surface area contributed by atoms with Crippen LogP contribution in [0.1, 0.15) is 29.3 Å². The predicted molar refractivity (Wildman–Crippen MR) is 65.4 cm³/mol. The van der Waals surface area contributed by atoms with Crippen LogP contribution < -0.4 is 0 Å². The van der Waals surface area contributed by atoms with Crippen LogP contribution in [0.4, 0.5) is 0 Å². The lowest BCUT2D eigenvalue weighted by Gasteiger charge is -2.02. The first kappa shape index (κ1) is 13.6. The van der Waals surface area contributed by atoms with Crippen LogP contribution in [0.5, 0.6) is 0 Å².